The number of benzene rings is 2. The molecular weight excluding hydrogens is 250 g/mol. The Hall–Kier alpha value is -2.00. The van der Waals surface area contributed by atoms with E-state index in [1.165, 1.54) is 5.56 Å². The number of phenolic OH excluding ortho intramolecular Hbond substituents is 1. The lowest BCUT2D eigenvalue weighted by atomic mass is 10.1. The SMILES string of the molecule is COc1ccc([C@@H](C)NCc2cc(C)ccc2O)cc1. The van der Waals surface area contributed by atoms with Gasteiger partial charge in [-0.25, -0.2) is 0 Å². The van der Waals surface area contributed by atoms with Crippen LogP contribution in [0.5, 0.6) is 11.5 Å². The molecule has 0 amide bonds. The predicted molar refractivity (Wildman–Crippen MR) is 81.1 cm³/mol. The molecule has 0 saturated carbocycles. The van der Waals surface area contributed by atoms with E-state index in [4.69, 9.17) is 4.74 Å². The second-order valence-electron chi connectivity index (χ2n) is 5.01. The molecule has 0 aliphatic rings. The van der Waals surface area contributed by atoms with Gasteiger partial charge in [0.05, 0.1) is 7.11 Å². The van der Waals surface area contributed by atoms with E-state index in [2.05, 4.69) is 12.2 Å². The van der Waals surface area contributed by atoms with Crippen molar-refractivity contribution in [3.05, 3.63) is 59.2 Å². The smallest absolute Gasteiger partial charge is 0.120 e. The van der Waals surface area contributed by atoms with E-state index < -0.39 is 0 Å². The van der Waals surface area contributed by atoms with Crippen molar-refractivity contribution in [2.24, 2.45) is 0 Å². The summed E-state index contributed by atoms with van der Waals surface area (Å²) in [6.07, 6.45) is 0. The quantitative estimate of drug-likeness (QED) is 0.873. The third-order valence-corrected chi connectivity index (χ3v) is 3.45. The minimum absolute atomic E-state index is 0.209. The van der Waals surface area contributed by atoms with Crippen molar-refractivity contribution < 1.29 is 9.84 Å². The number of hydrogen-bond donors (Lipinski definition) is 2. The van der Waals surface area contributed by atoms with Gasteiger partial charge >= 0.3 is 0 Å². The van der Waals surface area contributed by atoms with Crippen LogP contribution < -0.4 is 10.1 Å². The summed E-state index contributed by atoms with van der Waals surface area (Å²) in [7, 11) is 1.66. The molecule has 0 fully saturated rings. The summed E-state index contributed by atoms with van der Waals surface area (Å²) in [6.45, 7) is 4.77. The van der Waals surface area contributed by atoms with E-state index in [9.17, 15) is 5.11 Å². The Morgan fingerprint density at radius 1 is 1.15 bits per heavy atom. The van der Waals surface area contributed by atoms with Crippen molar-refractivity contribution in [3.63, 3.8) is 0 Å². The van der Waals surface area contributed by atoms with Crippen LogP contribution in [0.1, 0.15) is 29.7 Å². The van der Waals surface area contributed by atoms with E-state index in [0.717, 1.165) is 16.9 Å². The molecule has 3 nitrogen and oxygen atoms in total. The topological polar surface area (TPSA) is 41.5 Å². The van der Waals surface area contributed by atoms with Gasteiger partial charge in [0, 0.05) is 18.2 Å². The normalized spacial score (nSPS) is 12.2. The van der Waals surface area contributed by atoms with E-state index in [0.29, 0.717) is 12.3 Å². The fraction of sp³-hybridized carbons (Fsp3) is 0.294. The van der Waals surface area contributed by atoms with Gasteiger partial charge in [-0.1, -0.05) is 29.8 Å². The maximum atomic E-state index is 9.83. The monoisotopic (exact) mass is 271 g/mol. The molecule has 20 heavy (non-hydrogen) atoms. The highest BCUT2D eigenvalue weighted by molar-refractivity contribution is 5.36. The first kappa shape index (κ1) is 14.4. The Morgan fingerprint density at radius 3 is 2.50 bits per heavy atom. The molecule has 2 aromatic carbocycles. The molecule has 0 heterocycles. The summed E-state index contributed by atoms with van der Waals surface area (Å²) in [4.78, 5) is 0. The van der Waals surface area contributed by atoms with E-state index in [1.54, 1.807) is 13.2 Å². The summed E-state index contributed by atoms with van der Waals surface area (Å²) >= 11 is 0. The lowest BCUT2D eigenvalue weighted by Gasteiger charge is -2.15. The first-order valence-corrected chi connectivity index (χ1v) is 6.76. The first-order chi connectivity index (χ1) is 9.60. The van der Waals surface area contributed by atoms with Gasteiger partial charge in [-0.3, -0.25) is 0 Å². The molecule has 2 N–H and O–H groups in total. The fourth-order valence-corrected chi connectivity index (χ4v) is 2.13. The minimum Gasteiger partial charge on any atom is -0.508 e. The molecule has 0 bridgehead atoms. The second-order valence-corrected chi connectivity index (χ2v) is 5.01. The summed E-state index contributed by atoms with van der Waals surface area (Å²) in [5.74, 6) is 1.20. The fourth-order valence-electron chi connectivity index (χ4n) is 2.13. The summed E-state index contributed by atoms with van der Waals surface area (Å²) < 4.78 is 5.15. The minimum atomic E-state index is 0.209. The lowest BCUT2D eigenvalue weighted by molar-refractivity contribution is 0.414. The van der Waals surface area contributed by atoms with Gasteiger partial charge in [0.15, 0.2) is 0 Å². The standard InChI is InChI=1S/C17H21NO2/c1-12-4-9-17(19)15(10-12)11-18-13(2)14-5-7-16(20-3)8-6-14/h4-10,13,18-19H,11H2,1-3H3/t13-/m1/s1. The number of phenols is 1. The Bertz CT molecular complexity index is 564. The zero-order chi connectivity index (χ0) is 14.5. The predicted octanol–water partition coefficient (Wildman–Crippen LogP) is 3.56. The van der Waals surface area contributed by atoms with Crippen LogP contribution in [0.2, 0.25) is 0 Å². The number of rotatable bonds is 5. The van der Waals surface area contributed by atoms with Gasteiger partial charge in [0.2, 0.25) is 0 Å². The van der Waals surface area contributed by atoms with E-state index in [1.807, 2.05) is 43.3 Å². The summed E-state index contributed by atoms with van der Waals surface area (Å²) in [6, 6.07) is 13.9. The largest absolute Gasteiger partial charge is 0.508 e. The zero-order valence-electron chi connectivity index (χ0n) is 12.2. The van der Waals surface area contributed by atoms with Gasteiger partial charge in [0.1, 0.15) is 11.5 Å². The maximum absolute atomic E-state index is 9.83. The number of ether oxygens (including phenoxy) is 1. The van der Waals surface area contributed by atoms with Gasteiger partial charge in [-0.15, -0.1) is 0 Å². The molecule has 0 aliphatic carbocycles. The van der Waals surface area contributed by atoms with Crippen molar-refractivity contribution in [2.45, 2.75) is 26.4 Å². The lowest BCUT2D eigenvalue weighted by Crippen LogP contribution is -2.18. The molecule has 0 radical (unpaired) electrons. The van der Waals surface area contributed by atoms with Crippen LogP contribution in [-0.4, -0.2) is 12.2 Å². The second kappa shape index (κ2) is 6.44. The Kier molecular flexibility index (Phi) is 4.64. The molecule has 0 unspecified atom stereocenters. The van der Waals surface area contributed by atoms with Gasteiger partial charge in [-0.2, -0.15) is 0 Å². The van der Waals surface area contributed by atoms with Crippen molar-refractivity contribution in [1.29, 1.82) is 0 Å². The van der Waals surface area contributed by atoms with E-state index in [-0.39, 0.29) is 6.04 Å². The highest BCUT2D eigenvalue weighted by atomic mass is 16.5. The van der Waals surface area contributed by atoms with Crippen molar-refractivity contribution in [2.75, 3.05) is 7.11 Å². The van der Waals surface area contributed by atoms with Crippen LogP contribution in [0.4, 0.5) is 0 Å². The Balaban J connectivity index is 2.00. The highest BCUT2D eigenvalue weighted by Crippen LogP contribution is 2.21. The maximum Gasteiger partial charge on any atom is 0.120 e. The van der Waals surface area contributed by atoms with Gasteiger partial charge < -0.3 is 15.2 Å². The molecule has 3 heteroatoms. The van der Waals surface area contributed by atoms with Gasteiger partial charge in [0.25, 0.3) is 0 Å². The van der Waals surface area contributed by atoms with Crippen molar-refractivity contribution >= 4 is 0 Å². The van der Waals surface area contributed by atoms with Crippen LogP contribution in [0.25, 0.3) is 0 Å². The number of methoxy groups -OCH3 is 1. The summed E-state index contributed by atoms with van der Waals surface area (Å²) in [5, 5.41) is 13.3. The molecule has 106 valence electrons. The molecule has 2 aromatic rings. The number of aryl methyl sites for hydroxylation is 1. The molecule has 2 rings (SSSR count). The Labute approximate surface area is 120 Å². The average molecular weight is 271 g/mol. The van der Waals surface area contributed by atoms with Gasteiger partial charge in [-0.05, 0) is 37.6 Å². The molecule has 1 atom stereocenters. The van der Waals surface area contributed by atoms with Crippen LogP contribution in [-0.2, 0) is 6.54 Å². The van der Waals surface area contributed by atoms with Crippen LogP contribution in [0.3, 0.4) is 0 Å². The van der Waals surface area contributed by atoms with Crippen LogP contribution in [0.15, 0.2) is 42.5 Å². The molecule has 0 aliphatic heterocycles. The van der Waals surface area contributed by atoms with Crippen molar-refractivity contribution in [1.82, 2.24) is 5.32 Å². The third kappa shape index (κ3) is 3.52. The molecule has 0 spiro atoms. The third-order valence-electron chi connectivity index (χ3n) is 3.45. The van der Waals surface area contributed by atoms with Crippen LogP contribution in [0, 0.1) is 6.92 Å². The first-order valence-electron chi connectivity index (χ1n) is 6.76. The number of aromatic hydroxyl groups is 1. The molecule has 0 saturated heterocycles. The molecular formula is C17H21NO2. The Morgan fingerprint density at radius 2 is 1.85 bits per heavy atom. The highest BCUT2D eigenvalue weighted by Gasteiger charge is 2.07. The molecule has 0 aromatic heterocycles. The summed E-state index contributed by atoms with van der Waals surface area (Å²) in [5.41, 5.74) is 3.26. The van der Waals surface area contributed by atoms with E-state index >= 15 is 0 Å². The number of hydrogen-bond acceptors (Lipinski definition) is 3. The van der Waals surface area contributed by atoms with Crippen molar-refractivity contribution in [3.8, 4) is 11.5 Å². The number of nitrogens with one attached hydrogen (secondary N) is 1. The zero-order valence-corrected chi connectivity index (χ0v) is 12.2. The van der Waals surface area contributed by atoms with Crippen LogP contribution >= 0.6 is 0 Å². The average Bonchev–Trinajstić information content (AvgIpc) is 2.48.